The Morgan fingerprint density at radius 1 is 1.39 bits per heavy atom. The number of amides is 1. The zero-order valence-electron chi connectivity index (χ0n) is 10.5. The number of benzene rings is 1. The number of nitrogens with one attached hydrogen (secondary N) is 1. The molecule has 6 nitrogen and oxygen atoms in total. The second-order valence-corrected chi connectivity index (χ2v) is 3.31. The summed E-state index contributed by atoms with van der Waals surface area (Å²) < 4.78 is 5.40. The van der Waals surface area contributed by atoms with Crippen molar-refractivity contribution in [3.05, 3.63) is 29.8 Å². The van der Waals surface area contributed by atoms with Crippen LogP contribution >= 0.6 is 0 Å². The predicted octanol–water partition coefficient (Wildman–Crippen LogP) is 1.45. The number of hydrogen-bond acceptors (Lipinski definition) is 4. The lowest BCUT2D eigenvalue weighted by molar-refractivity contribution is 0.151. The van der Waals surface area contributed by atoms with Gasteiger partial charge in [-0.2, -0.15) is 0 Å². The molecular formula is C12H17N3O3. The molecule has 0 bridgehead atoms. The number of nitrogens with zero attached hydrogens (tertiary/aromatic N) is 1. The third-order valence-electron chi connectivity index (χ3n) is 2.01. The highest BCUT2D eigenvalue weighted by molar-refractivity contribution is 5.99. The van der Waals surface area contributed by atoms with E-state index in [0.717, 1.165) is 0 Å². The maximum Gasteiger partial charge on any atom is 0.433 e. The van der Waals surface area contributed by atoms with Crippen molar-refractivity contribution < 1.29 is 14.4 Å². The van der Waals surface area contributed by atoms with E-state index in [-0.39, 0.29) is 5.84 Å². The minimum absolute atomic E-state index is 0.0882. The molecule has 1 aromatic rings. The molecule has 1 aromatic carbocycles. The van der Waals surface area contributed by atoms with Gasteiger partial charge in [0, 0.05) is 6.54 Å². The van der Waals surface area contributed by atoms with Crippen LogP contribution in [0.3, 0.4) is 0 Å². The van der Waals surface area contributed by atoms with Gasteiger partial charge in [0.2, 0.25) is 0 Å². The minimum atomic E-state index is -0.644. The number of oxime groups is 1. The first-order chi connectivity index (χ1) is 8.69. The van der Waals surface area contributed by atoms with E-state index in [2.05, 4.69) is 15.3 Å². The second kappa shape index (κ2) is 7.16. The number of rotatable bonds is 5. The number of ether oxygens (including phenoxy) is 1. The monoisotopic (exact) mass is 251 g/mol. The zero-order chi connectivity index (χ0) is 13.4. The molecule has 0 aromatic heterocycles. The van der Waals surface area contributed by atoms with E-state index in [0.29, 0.717) is 24.5 Å². The first-order valence-corrected chi connectivity index (χ1v) is 5.69. The molecular weight excluding hydrogens is 234 g/mol. The number of amidine groups is 1. The van der Waals surface area contributed by atoms with Crippen LogP contribution in [0.4, 0.5) is 4.79 Å². The van der Waals surface area contributed by atoms with Gasteiger partial charge in [-0.25, -0.2) is 4.79 Å². The van der Waals surface area contributed by atoms with Crippen LogP contribution in [0.2, 0.25) is 0 Å². The molecule has 0 radical (unpaired) electrons. The molecule has 0 saturated carbocycles. The van der Waals surface area contributed by atoms with Crippen molar-refractivity contribution in [2.45, 2.75) is 13.8 Å². The molecule has 1 amide bonds. The Morgan fingerprint density at radius 2 is 2.11 bits per heavy atom. The number of carbonyl (C=O) groups is 1. The highest BCUT2D eigenvalue weighted by atomic mass is 16.7. The van der Waals surface area contributed by atoms with E-state index in [1.165, 1.54) is 0 Å². The van der Waals surface area contributed by atoms with Crippen molar-refractivity contribution in [1.29, 1.82) is 0 Å². The van der Waals surface area contributed by atoms with Gasteiger partial charge in [-0.15, -0.1) is 0 Å². The van der Waals surface area contributed by atoms with Crippen molar-refractivity contribution in [2.24, 2.45) is 10.9 Å². The zero-order valence-corrected chi connectivity index (χ0v) is 10.5. The smallest absolute Gasteiger partial charge is 0.433 e. The summed E-state index contributed by atoms with van der Waals surface area (Å²) in [7, 11) is 0. The third kappa shape index (κ3) is 3.97. The highest BCUT2D eigenvalue weighted by Crippen LogP contribution is 2.17. The largest absolute Gasteiger partial charge is 0.493 e. The van der Waals surface area contributed by atoms with Gasteiger partial charge in [-0.1, -0.05) is 17.3 Å². The Kier molecular flexibility index (Phi) is 5.50. The van der Waals surface area contributed by atoms with E-state index < -0.39 is 6.09 Å². The maximum absolute atomic E-state index is 11.1. The molecule has 0 fully saturated rings. The lowest BCUT2D eigenvalue weighted by Gasteiger charge is -2.08. The minimum Gasteiger partial charge on any atom is -0.493 e. The molecule has 0 atom stereocenters. The van der Waals surface area contributed by atoms with Gasteiger partial charge < -0.3 is 15.8 Å². The molecule has 0 aliphatic rings. The summed E-state index contributed by atoms with van der Waals surface area (Å²) in [6.45, 7) is 4.62. The summed E-state index contributed by atoms with van der Waals surface area (Å²) in [6.07, 6.45) is -0.644. The van der Waals surface area contributed by atoms with Crippen LogP contribution < -0.4 is 15.8 Å². The number of carbonyl (C=O) groups excluding carboxylic acids is 1. The summed E-state index contributed by atoms with van der Waals surface area (Å²) in [4.78, 5) is 15.7. The van der Waals surface area contributed by atoms with E-state index in [9.17, 15) is 4.79 Å². The molecule has 0 saturated heterocycles. The molecule has 18 heavy (non-hydrogen) atoms. The predicted molar refractivity (Wildman–Crippen MR) is 68.5 cm³/mol. The lowest BCUT2D eigenvalue weighted by Crippen LogP contribution is -2.24. The summed E-state index contributed by atoms with van der Waals surface area (Å²) in [5.41, 5.74) is 6.32. The number of hydrogen-bond donors (Lipinski definition) is 2. The number of para-hydroxylation sites is 1. The first kappa shape index (κ1) is 13.8. The Bertz CT molecular complexity index is 432. The maximum atomic E-state index is 11.1. The SMILES string of the molecule is CCNC(=O)ON=C(N)c1ccccc1OCC. The fourth-order valence-corrected chi connectivity index (χ4v) is 1.28. The van der Waals surface area contributed by atoms with E-state index >= 15 is 0 Å². The van der Waals surface area contributed by atoms with Crippen LogP contribution in [0.15, 0.2) is 29.4 Å². The Labute approximate surface area is 106 Å². The van der Waals surface area contributed by atoms with Gasteiger partial charge in [0.1, 0.15) is 5.75 Å². The molecule has 0 aliphatic heterocycles. The summed E-state index contributed by atoms with van der Waals surface area (Å²) >= 11 is 0. The molecule has 0 heterocycles. The van der Waals surface area contributed by atoms with E-state index in [1.807, 2.05) is 13.0 Å². The highest BCUT2D eigenvalue weighted by Gasteiger charge is 2.08. The van der Waals surface area contributed by atoms with Crippen molar-refractivity contribution in [1.82, 2.24) is 5.32 Å². The Morgan fingerprint density at radius 3 is 2.78 bits per heavy atom. The van der Waals surface area contributed by atoms with Crippen LogP contribution in [0.5, 0.6) is 5.75 Å². The molecule has 98 valence electrons. The normalized spacial score (nSPS) is 10.9. The second-order valence-electron chi connectivity index (χ2n) is 3.31. The van der Waals surface area contributed by atoms with Crippen LogP contribution in [0, 0.1) is 0 Å². The molecule has 0 aliphatic carbocycles. The van der Waals surface area contributed by atoms with Crippen LogP contribution in [0.25, 0.3) is 0 Å². The summed E-state index contributed by atoms with van der Waals surface area (Å²) in [5.74, 6) is 0.686. The molecule has 3 N–H and O–H groups in total. The van der Waals surface area contributed by atoms with Crippen LogP contribution in [-0.4, -0.2) is 25.1 Å². The molecule has 0 spiro atoms. The van der Waals surface area contributed by atoms with Gasteiger partial charge in [0.15, 0.2) is 5.84 Å². The summed E-state index contributed by atoms with van der Waals surface area (Å²) in [5, 5.41) is 6.00. The van der Waals surface area contributed by atoms with Gasteiger partial charge in [0.05, 0.1) is 12.2 Å². The fourth-order valence-electron chi connectivity index (χ4n) is 1.28. The first-order valence-electron chi connectivity index (χ1n) is 5.69. The lowest BCUT2D eigenvalue weighted by atomic mass is 10.2. The van der Waals surface area contributed by atoms with Gasteiger partial charge in [0.25, 0.3) is 0 Å². The quantitative estimate of drug-likeness (QED) is 0.359. The number of nitrogens with two attached hydrogens (primary N) is 1. The fraction of sp³-hybridized carbons (Fsp3) is 0.333. The van der Waals surface area contributed by atoms with Crippen molar-refractivity contribution in [3.8, 4) is 5.75 Å². The van der Waals surface area contributed by atoms with Gasteiger partial charge in [-0.05, 0) is 26.0 Å². The standard InChI is InChI=1S/C12H17N3O3/c1-3-14-12(16)18-15-11(13)9-7-5-6-8-10(9)17-4-2/h5-8H,3-4H2,1-2H3,(H2,13,15)(H,14,16). The Hall–Kier alpha value is -2.24. The van der Waals surface area contributed by atoms with Gasteiger partial charge in [-0.3, -0.25) is 4.84 Å². The summed E-state index contributed by atoms with van der Waals surface area (Å²) in [6, 6.07) is 7.14. The van der Waals surface area contributed by atoms with E-state index in [4.69, 9.17) is 10.5 Å². The Balaban J connectivity index is 2.79. The van der Waals surface area contributed by atoms with Crippen molar-refractivity contribution in [2.75, 3.05) is 13.2 Å². The van der Waals surface area contributed by atoms with E-state index in [1.54, 1.807) is 25.1 Å². The van der Waals surface area contributed by atoms with Gasteiger partial charge >= 0.3 is 6.09 Å². The van der Waals surface area contributed by atoms with Crippen LogP contribution in [0.1, 0.15) is 19.4 Å². The van der Waals surface area contributed by atoms with Crippen LogP contribution in [-0.2, 0) is 4.84 Å². The topological polar surface area (TPSA) is 85.9 Å². The molecule has 1 rings (SSSR count). The third-order valence-corrected chi connectivity index (χ3v) is 2.01. The molecule has 6 heteroatoms. The van der Waals surface area contributed by atoms with Crippen molar-refractivity contribution >= 4 is 11.9 Å². The average Bonchev–Trinajstić information content (AvgIpc) is 2.37. The van der Waals surface area contributed by atoms with Crippen molar-refractivity contribution in [3.63, 3.8) is 0 Å². The molecule has 0 unspecified atom stereocenters. The average molecular weight is 251 g/mol.